The van der Waals surface area contributed by atoms with E-state index in [4.69, 9.17) is 4.74 Å². The van der Waals surface area contributed by atoms with Gasteiger partial charge in [0.25, 0.3) is 0 Å². The summed E-state index contributed by atoms with van der Waals surface area (Å²) in [5.74, 6) is -0.0876. The molecule has 1 aliphatic heterocycles. The number of cyclic esters (lactones) is 1. The summed E-state index contributed by atoms with van der Waals surface area (Å²) >= 11 is 1.54. The summed E-state index contributed by atoms with van der Waals surface area (Å²) in [6, 6.07) is 8.17. The van der Waals surface area contributed by atoms with Crippen molar-refractivity contribution in [3.8, 4) is 0 Å². The fraction of sp³-hybridized carbons (Fsp3) is 0.444. The maximum absolute atomic E-state index is 12.0. The Morgan fingerprint density at radius 3 is 3.04 bits per heavy atom. The topological polar surface area (TPSA) is 51.2 Å². The van der Waals surface area contributed by atoms with E-state index < -0.39 is 5.60 Å². The first kappa shape index (κ1) is 16.0. The largest absolute Gasteiger partial charge is 0.453 e. The number of aryl methyl sites for hydroxylation is 1. The maximum atomic E-state index is 12.0. The molecule has 0 spiro atoms. The van der Waals surface area contributed by atoms with E-state index in [1.54, 1.807) is 0 Å². The number of thiazole rings is 1. The van der Waals surface area contributed by atoms with Gasteiger partial charge in [-0.25, -0.2) is 4.98 Å². The molecule has 5 heteroatoms. The van der Waals surface area contributed by atoms with Gasteiger partial charge >= 0.3 is 5.97 Å². The molecule has 0 aliphatic carbocycles. The van der Waals surface area contributed by atoms with Crippen molar-refractivity contribution in [2.75, 3.05) is 5.32 Å². The van der Waals surface area contributed by atoms with Crippen molar-refractivity contribution in [3.63, 3.8) is 0 Å². The molecule has 1 fully saturated rings. The Kier molecular flexibility index (Phi) is 4.39. The Morgan fingerprint density at radius 2 is 2.30 bits per heavy atom. The summed E-state index contributed by atoms with van der Waals surface area (Å²) in [6.07, 6.45) is 2.59. The molecule has 0 radical (unpaired) electrons. The first-order valence-corrected chi connectivity index (χ1v) is 8.90. The van der Waals surface area contributed by atoms with Crippen LogP contribution in [0.3, 0.4) is 0 Å². The van der Waals surface area contributed by atoms with E-state index in [1.165, 1.54) is 16.9 Å². The fourth-order valence-corrected chi connectivity index (χ4v) is 3.90. The molecule has 1 aromatic heterocycles. The Hall–Kier alpha value is -1.88. The molecule has 1 aromatic carbocycles. The zero-order valence-electron chi connectivity index (χ0n) is 13.8. The van der Waals surface area contributed by atoms with E-state index in [0.717, 1.165) is 29.4 Å². The second-order valence-electron chi connectivity index (χ2n) is 6.37. The second kappa shape index (κ2) is 6.32. The quantitative estimate of drug-likeness (QED) is 0.802. The average molecular weight is 330 g/mol. The number of nitrogens with one attached hydrogen (secondary N) is 1. The van der Waals surface area contributed by atoms with Gasteiger partial charge in [0.05, 0.1) is 11.6 Å². The van der Waals surface area contributed by atoms with Crippen LogP contribution in [0, 0.1) is 12.8 Å². The molecule has 2 heterocycles. The third-order valence-electron chi connectivity index (χ3n) is 4.25. The lowest BCUT2D eigenvalue weighted by Crippen LogP contribution is -2.21. The van der Waals surface area contributed by atoms with Gasteiger partial charge in [-0.3, -0.25) is 4.79 Å². The van der Waals surface area contributed by atoms with Crippen molar-refractivity contribution >= 4 is 28.1 Å². The van der Waals surface area contributed by atoms with Crippen LogP contribution in [0.5, 0.6) is 0 Å². The summed E-state index contributed by atoms with van der Waals surface area (Å²) in [4.78, 5) is 16.7. The number of carbonyl (C=O) groups is 1. The number of rotatable bonds is 5. The number of benzene rings is 1. The number of ether oxygens (including phenoxy) is 1. The molecule has 0 bridgehead atoms. The highest BCUT2D eigenvalue weighted by atomic mass is 32.1. The third kappa shape index (κ3) is 3.39. The van der Waals surface area contributed by atoms with Crippen molar-refractivity contribution in [2.45, 2.75) is 45.6 Å². The number of aromatic nitrogens is 1. The number of nitrogens with zero attached hydrogens (tertiary/aromatic N) is 1. The molecule has 4 nitrogen and oxygen atoms in total. The van der Waals surface area contributed by atoms with E-state index in [1.807, 2.05) is 24.4 Å². The van der Waals surface area contributed by atoms with Crippen LogP contribution >= 0.6 is 11.3 Å². The first-order valence-electron chi connectivity index (χ1n) is 8.03. The average Bonchev–Trinajstić information content (AvgIpc) is 3.06. The normalized spacial score (nSPS) is 23.8. The van der Waals surface area contributed by atoms with Gasteiger partial charge in [-0.2, -0.15) is 0 Å². The molecular formula is C18H22N2O2S. The van der Waals surface area contributed by atoms with Gasteiger partial charge < -0.3 is 10.1 Å². The summed E-state index contributed by atoms with van der Waals surface area (Å²) in [5.41, 5.74) is 2.46. The minimum atomic E-state index is -0.597. The summed E-state index contributed by atoms with van der Waals surface area (Å²) in [6.45, 7) is 6.12. The van der Waals surface area contributed by atoms with E-state index in [-0.39, 0.29) is 11.9 Å². The van der Waals surface area contributed by atoms with Gasteiger partial charge in [0, 0.05) is 17.5 Å². The van der Waals surface area contributed by atoms with Crippen LogP contribution in [0.25, 0.3) is 0 Å². The standard InChI is InChI=1S/C18H22N2O2S/c1-4-6-13-10-18(3,22-16(13)21)15-11-23-17(20-15)19-14-8-5-7-12(2)9-14/h5,7-9,11,13H,4,6,10H2,1-3H3,(H,19,20)/t13-,18-/m1/s1. The molecule has 2 atom stereocenters. The molecule has 1 saturated heterocycles. The zero-order valence-corrected chi connectivity index (χ0v) is 14.6. The molecule has 1 N–H and O–H groups in total. The van der Waals surface area contributed by atoms with Gasteiger partial charge in [0.1, 0.15) is 0 Å². The molecule has 0 unspecified atom stereocenters. The maximum Gasteiger partial charge on any atom is 0.310 e. The monoisotopic (exact) mass is 330 g/mol. The summed E-state index contributed by atoms with van der Waals surface area (Å²) in [5, 5.41) is 6.13. The molecule has 0 saturated carbocycles. The van der Waals surface area contributed by atoms with Crippen LogP contribution in [0.4, 0.5) is 10.8 Å². The minimum Gasteiger partial charge on any atom is -0.453 e. The highest BCUT2D eigenvalue weighted by molar-refractivity contribution is 7.13. The van der Waals surface area contributed by atoms with Gasteiger partial charge in [-0.1, -0.05) is 25.5 Å². The Morgan fingerprint density at radius 1 is 1.48 bits per heavy atom. The highest BCUT2D eigenvalue weighted by Crippen LogP contribution is 2.42. The molecular weight excluding hydrogens is 308 g/mol. The Bertz CT molecular complexity index is 713. The first-order chi connectivity index (χ1) is 11.0. The van der Waals surface area contributed by atoms with Gasteiger partial charge in [-0.15, -0.1) is 11.3 Å². The van der Waals surface area contributed by atoms with Crippen molar-refractivity contribution in [1.29, 1.82) is 0 Å². The van der Waals surface area contributed by atoms with Crippen LogP contribution in [0.15, 0.2) is 29.6 Å². The summed E-state index contributed by atoms with van der Waals surface area (Å²) in [7, 11) is 0. The van der Waals surface area contributed by atoms with E-state index in [2.05, 4.69) is 36.3 Å². The van der Waals surface area contributed by atoms with Crippen molar-refractivity contribution in [3.05, 3.63) is 40.9 Å². The van der Waals surface area contributed by atoms with Crippen molar-refractivity contribution < 1.29 is 9.53 Å². The van der Waals surface area contributed by atoms with Crippen LogP contribution in [-0.2, 0) is 15.1 Å². The second-order valence-corrected chi connectivity index (χ2v) is 7.23. The van der Waals surface area contributed by atoms with Gasteiger partial charge in [0.2, 0.25) is 0 Å². The van der Waals surface area contributed by atoms with Crippen LogP contribution in [0.1, 0.15) is 44.4 Å². The van der Waals surface area contributed by atoms with Gasteiger partial charge in [0.15, 0.2) is 10.7 Å². The molecule has 2 aromatic rings. The van der Waals surface area contributed by atoms with Crippen LogP contribution in [-0.4, -0.2) is 11.0 Å². The van der Waals surface area contributed by atoms with Crippen molar-refractivity contribution in [1.82, 2.24) is 4.98 Å². The number of hydrogen-bond donors (Lipinski definition) is 1. The number of anilines is 2. The smallest absolute Gasteiger partial charge is 0.310 e. The lowest BCUT2D eigenvalue weighted by Gasteiger charge is -2.19. The lowest BCUT2D eigenvalue weighted by molar-refractivity contribution is -0.150. The molecule has 1 aliphatic rings. The number of hydrogen-bond acceptors (Lipinski definition) is 5. The molecule has 3 rings (SSSR count). The summed E-state index contributed by atoms with van der Waals surface area (Å²) < 4.78 is 5.66. The third-order valence-corrected chi connectivity index (χ3v) is 5.01. The molecule has 23 heavy (non-hydrogen) atoms. The van der Waals surface area contributed by atoms with Crippen molar-refractivity contribution in [2.24, 2.45) is 5.92 Å². The Labute approximate surface area is 140 Å². The minimum absolute atomic E-state index is 0.000109. The SMILES string of the molecule is CCC[C@@H]1C[C@](C)(c2csc(Nc3cccc(C)c3)n2)OC1=O. The highest BCUT2D eigenvalue weighted by Gasteiger charge is 2.45. The molecule has 0 amide bonds. The van der Waals surface area contributed by atoms with E-state index in [0.29, 0.717) is 6.42 Å². The van der Waals surface area contributed by atoms with Crippen LogP contribution < -0.4 is 5.32 Å². The predicted molar refractivity (Wildman–Crippen MR) is 93.0 cm³/mol. The zero-order chi connectivity index (χ0) is 16.4. The predicted octanol–water partition coefficient (Wildman–Crippen LogP) is 4.77. The lowest BCUT2D eigenvalue weighted by atomic mass is 9.91. The number of esters is 1. The van der Waals surface area contributed by atoms with E-state index >= 15 is 0 Å². The number of carbonyl (C=O) groups excluding carboxylic acids is 1. The Balaban J connectivity index is 1.75. The van der Waals surface area contributed by atoms with E-state index in [9.17, 15) is 4.79 Å². The van der Waals surface area contributed by atoms with Gasteiger partial charge in [-0.05, 0) is 38.0 Å². The fourth-order valence-electron chi connectivity index (χ4n) is 3.05. The molecule has 122 valence electrons. The van der Waals surface area contributed by atoms with Crippen LogP contribution in [0.2, 0.25) is 0 Å².